The van der Waals surface area contributed by atoms with E-state index < -0.39 is 5.25 Å². The standard InChI is InChI=1S/C28H22N4O2S2/c1-19(33)21-12-8-13-22(18-21)29-27(34)25(20-10-4-2-5-11-20)36-28-31-30-26(24-16-9-17-35-24)32(28)23-14-6-3-7-15-23/h2-18,25H,1H3,(H,29,34)/t25-/m0/s1. The fourth-order valence-electron chi connectivity index (χ4n) is 3.75. The number of amides is 1. The second kappa shape index (κ2) is 10.7. The predicted molar refractivity (Wildman–Crippen MR) is 145 cm³/mol. The van der Waals surface area contributed by atoms with Gasteiger partial charge in [0.25, 0.3) is 0 Å². The van der Waals surface area contributed by atoms with Gasteiger partial charge in [-0.25, -0.2) is 0 Å². The number of hydrogen-bond donors (Lipinski definition) is 1. The summed E-state index contributed by atoms with van der Waals surface area (Å²) in [7, 11) is 0. The van der Waals surface area contributed by atoms with Crippen LogP contribution in [0.15, 0.2) is 108 Å². The van der Waals surface area contributed by atoms with Crippen LogP contribution in [0.3, 0.4) is 0 Å². The van der Waals surface area contributed by atoms with Gasteiger partial charge in [-0.3, -0.25) is 14.2 Å². The summed E-state index contributed by atoms with van der Waals surface area (Å²) in [6.45, 7) is 1.51. The lowest BCUT2D eigenvalue weighted by atomic mass is 10.1. The number of thioether (sulfide) groups is 1. The van der Waals surface area contributed by atoms with Gasteiger partial charge in [-0.15, -0.1) is 21.5 Å². The Labute approximate surface area is 217 Å². The molecule has 8 heteroatoms. The lowest BCUT2D eigenvalue weighted by Crippen LogP contribution is -2.19. The number of rotatable bonds is 8. The number of benzene rings is 3. The summed E-state index contributed by atoms with van der Waals surface area (Å²) in [5.41, 5.74) is 2.86. The van der Waals surface area contributed by atoms with Crippen LogP contribution in [0.2, 0.25) is 0 Å². The first kappa shape index (κ1) is 23.7. The smallest absolute Gasteiger partial charge is 0.242 e. The van der Waals surface area contributed by atoms with E-state index in [2.05, 4.69) is 15.5 Å². The molecule has 0 spiro atoms. The molecule has 0 fully saturated rings. The molecule has 0 saturated carbocycles. The minimum absolute atomic E-state index is 0.0582. The second-order valence-electron chi connectivity index (χ2n) is 7.99. The molecule has 0 aliphatic heterocycles. The van der Waals surface area contributed by atoms with Crippen molar-refractivity contribution in [3.63, 3.8) is 0 Å². The molecule has 1 atom stereocenters. The third kappa shape index (κ3) is 5.15. The molecule has 3 aromatic carbocycles. The molecule has 36 heavy (non-hydrogen) atoms. The number of hydrogen-bond acceptors (Lipinski definition) is 6. The summed E-state index contributed by atoms with van der Waals surface area (Å²) in [6.07, 6.45) is 0. The van der Waals surface area contributed by atoms with Gasteiger partial charge in [-0.05, 0) is 48.2 Å². The van der Waals surface area contributed by atoms with Gasteiger partial charge >= 0.3 is 0 Å². The minimum atomic E-state index is -0.602. The van der Waals surface area contributed by atoms with Crippen LogP contribution in [0, 0.1) is 0 Å². The van der Waals surface area contributed by atoms with Crippen molar-refractivity contribution in [1.29, 1.82) is 0 Å². The first-order valence-corrected chi connectivity index (χ1v) is 13.0. The van der Waals surface area contributed by atoms with Crippen molar-refractivity contribution in [2.24, 2.45) is 0 Å². The minimum Gasteiger partial charge on any atom is -0.325 e. The molecule has 5 rings (SSSR count). The molecular weight excluding hydrogens is 488 g/mol. The largest absolute Gasteiger partial charge is 0.325 e. The van der Waals surface area contributed by atoms with Crippen molar-refractivity contribution in [1.82, 2.24) is 14.8 Å². The van der Waals surface area contributed by atoms with Crippen LogP contribution in [-0.4, -0.2) is 26.5 Å². The molecule has 2 aromatic heterocycles. The highest BCUT2D eigenvalue weighted by molar-refractivity contribution is 8.00. The van der Waals surface area contributed by atoms with Gasteiger partial charge in [0.15, 0.2) is 16.8 Å². The van der Waals surface area contributed by atoms with E-state index in [-0.39, 0.29) is 11.7 Å². The van der Waals surface area contributed by atoms with Gasteiger partial charge < -0.3 is 5.32 Å². The maximum absolute atomic E-state index is 13.6. The van der Waals surface area contributed by atoms with E-state index in [1.165, 1.54) is 18.7 Å². The summed E-state index contributed by atoms with van der Waals surface area (Å²) in [5, 5.41) is 14.0. The normalized spacial score (nSPS) is 11.7. The monoisotopic (exact) mass is 510 g/mol. The zero-order chi connectivity index (χ0) is 24.9. The number of carbonyl (C=O) groups is 2. The molecule has 0 bridgehead atoms. The molecule has 1 amide bonds. The number of Topliss-reactive ketones (excluding diaryl/α,β-unsaturated/α-hetero) is 1. The predicted octanol–water partition coefficient (Wildman–Crippen LogP) is 6.67. The quantitative estimate of drug-likeness (QED) is 0.186. The van der Waals surface area contributed by atoms with Gasteiger partial charge in [0.1, 0.15) is 5.25 Å². The van der Waals surface area contributed by atoms with E-state index in [1.54, 1.807) is 35.6 Å². The topological polar surface area (TPSA) is 76.9 Å². The zero-order valence-electron chi connectivity index (χ0n) is 19.4. The molecule has 0 saturated heterocycles. The summed E-state index contributed by atoms with van der Waals surface area (Å²) in [4.78, 5) is 26.4. The number of para-hydroxylation sites is 1. The molecule has 0 aliphatic carbocycles. The molecular formula is C28H22N4O2S2. The van der Waals surface area contributed by atoms with Crippen molar-refractivity contribution in [2.45, 2.75) is 17.3 Å². The van der Waals surface area contributed by atoms with E-state index in [1.807, 2.05) is 82.7 Å². The van der Waals surface area contributed by atoms with Crippen LogP contribution in [0.25, 0.3) is 16.4 Å². The summed E-state index contributed by atoms with van der Waals surface area (Å²) >= 11 is 2.92. The van der Waals surface area contributed by atoms with E-state index in [4.69, 9.17) is 0 Å². The highest BCUT2D eigenvalue weighted by atomic mass is 32.2. The number of carbonyl (C=O) groups excluding carboxylic acids is 2. The van der Waals surface area contributed by atoms with E-state index in [0.29, 0.717) is 16.4 Å². The molecule has 2 heterocycles. The number of thiophene rings is 1. The van der Waals surface area contributed by atoms with Gasteiger partial charge in [-0.2, -0.15) is 0 Å². The van der Waals surface area contributed by atoms with Crippen molar-refractivity contribution >= 4 is 40.5 Å². The third-order valence-corrected chi connectivity index (χ3v) is 7.55. The molecule has 178 valence electrons. The number of ketones is 1. The lowest BCUT2D eigenvalue weighted by molar-refractivity contribution is -0.115. The maximum atomic E-state index is 13.6. The van der Waals surface area contributed by atoms with Crippen molar-refractivity contribution < 1.29 is 9.59 Å². The molecule has 0 aliphatic rings. The number of anilines is 1. The summed E-state index contributed by atoms with van der Waals surface area (Å²) in [5.74, 6) is 0.449. The third-order valence-electron chi connectivity index (χ3n) is 5.49. The van der Waals surface area contributed by atoms with Crippen LogP contribution >= 0.6 is 23.1 Å². The molecule has 0 radical (unpaired) electrons. The van der Waals surface area contributed by atoms with Crippen molar-refractivity contribution in [3.8, 4) is 16.4 Å². The Morgan fingerprint density at radius 1 is 0.889 bits per heavy atom. The Hall–Kier alpha value is -4.01. The Balaban J connectivity index is 1.53. The Morgan fingerprint density at radius 3 is 2.33 bits per heavy atom. The van der Waals surface area contributed by atoms with Crippen LogP contribution in [0.4, 0.5) is 5.69 Å². The fourth-order valence-corrected chi connectivity index (χ4v) is 5.51. The summed E-state index contributed by atoms with van der Waals surface area (Å²) in [6, 6.07) is 30.4. The van der Waals surface area contributed by atoms with E-state index in [9.17, 15) is 9.59 Å². The van der Waals surface area contributed by atoms with E-state index in [0.717, 1.165) is 22.0 Å². The average Bonchev–Trinajstić information content (AvgIpc) is 3.58. The van der Waals surface area contributed by atoms with Crippen molar-refractivity contribution in [3.05, 3.63) is 114 Å². The Bertz CT molecular complexity index is 1480. The van der Waals surface area contributed by atoms with Gasteiger partial charge in [0.05, 0.1) is 4.88 Å². The van der Waals surface area contributed by atoms with E-state index >= 15 is 0 Å². The first-order valence-electron chi connectivity index (χ1n) is 11.3. The fraction of sp³-hybridized carbons (Fsp3) is 0.0714. The summed E-state index contributed by atoms with van der Waals surface area (Å²) < 4.78 is 1.98. The SMILES string of the molecule is CC(=O)c1cccc(NC(=O)[C@@H](Sc2nnc(-c3cccs3)n2-c2ccccc2)c2ccccc2)c1. The number of aromatic nitrogens is 3. The van der Waals surface area contributed by atoms with Gasteiger partial charge in [0, 0.05) is 16.9 Å². The lowest BCUT2D eigenvalue weighted by Gasteiger charge is -2.18. The Kier molecular flexibility index (Phi) is 7.06. The van der Waals surface area contributed by atoms with Crippen LogP contribution in [-0.2, 0) is 4.79 Å². The van der Waals surface area contributed by atoms with Crippen molar-refractivity contribution in [2.75, 3.05) is 5.32 Å². The average molecular weight is 511 g/mol. The molecule has 6 nitrogen and oxygen atoms in total. The molecule has 5 aromatic rings. The van der Waals surface area contributed by atoms with Crippen LogP contribution in [0.1, 0.15) is 28.1 Å². The number of nitrogens with zero attached hydrogens (tertiary/aromatic N) is 3. The Morgan fingerprint density at radius 2 is 1.64 bits per heavy atom. The van der Waals surface area contributed by atoms with Gasteiger partial charge in [-0.1, -0.05) is 78.5 Å². The van der Waals surface area contributed by atoms with Crippen LogP contribution < -0.4 is 5.32 Å². The van der Waals surface area contributed by atoms with Crippen LogP contribution in [0.5, 0.6) is 0 Å². The highest BCUT2D eigenvalue weighted by Gasteiger charge is 2.27. The molecule has 1 N–H and O–H groups in total. The second-order valence-corrected chi connectivity index (χ2v) is 10.0. The highest BCUT2D eigenvalue weighted by Crippen LogP contribution is 2.38. The maximum Gasteiger partial charge on any atom is 0.242 e. The molecule has 0 unspecified atom stereocenters. The number of nitrogens with one attached hydrogen (secondary N) is 1. The van der Waals surface area contributed by atoms with Gasteiger partial charge in [0.2, 0.25) is 5.91 Å². The first-order chi connectivity index (χ1) is 17.6. The zero-order valence-corrected chi connectivity index (χ0v) is 21.0.